The molecule has 27 heavy (non-hydrogen) atoms. The van der Waals surface area contributed by atoms with Crippen LogP contribution in [0.5, 0.6) is 0 Å². The number of benzene rings is 1. The molecule has 144 valence electrons. The predicted molar refractivity (Wildman–Crippen MR) is 104 cm³/mol. The molecular formula is C18H22ClN5O3. The van der Waals surface area contributed by atoms with Gasteiger partial charge in [-0.25, -0.2) is 14.8 Å². The number of carbonyl (C=O) groups is 2. The average Bonchev–Trinajstić information content (AvgIpc) is 2.66. The molecule has 1 aromatic heterocycles. The van der Waals surface area contributed by atoms with Crippen molar-refractivity contribution in [2.24, 2.45) is 0 Å². The van der Waals surface area contributed by atoms with Crippen molar-refractivity contribution >= 4 is 29.5 Å². The second kappa shape index (κ2) is 9.72. The smallest absolute Gasteiger partial charge is 0.407 e. The minimum Gasteiger partial charge on any atom is -0.439 e. The highest BCUT2D eigenvalue weighted by Crippen LogP contribution is 2.22. The molecule has 0 aliphatic heterocycles. The summed E-state index contributed by atoms with van der Waals surface area (Å²) in [6.45, 7) is -0.00213. The van der Waals surface area contributed by atoms with Crippen molar-refractivity contribution in [2.75, 3.05) is 39.2 Å². The number of carbonyl (C=O) groups excluding carboxylic acids is 2. The van der Waals surface area contributed by atoms with E-state index in [0.717, 1.165) is 17.0 Å². The van der Waals surface area contributed by atoms with Crippen LogP contribution in [0, 0.1) is 0 Å². The molecule has 2 aromatic rings. The molecule has 8 nitrogen and oxygen atoms in total. The third-order valence-electron chi connectivity index (χ3n) is 3.57. The first kappa shape index (κ1) is 20.4. The van der Waals surface area contributed by atoms with Crippen LogP contribution in [0.3, 0.4) is 0 Å². The van der Waals surface area contributed by atoms with E-state index in [1.165, 1.54) is 7.05 Å². The van der Waals surface area contributed by atoms with E-state index >= 15 is 0 Å². The van der Waals surface area contributed by atoms with Gasteiger partial charge in [0.2, 0.25) is 5.95 Å². The van der Waals surface area contributed by atoms with Gasteiger partial charge in [-0.05, 0) is 18.2 Å². The summed E-state index contributed by atoms with van der Waals surface area (Å²) in [6, 6.07) is 9.26. The third-order valence-corrected chi connectivity index (χ3v) is 3.82. The Hall–Kier alpha value is -2.87. The van der Waals surface area contributed by atoms with Gasteiger partial charge in [0.25, 0.3) is 5.91 Å². The standard InChI is InChI=1S/C18H22ClN5O3/c1-20-16(25)11-27-18(26)21-9-8-14-10-15(23-17(22-14)24(2)3)12-4-6-13(19)7-5-12/h4-7,10H,8-9,11H2,1-3H3,(H,20,25)(H,21,26). The van der Waals surface area contributed by atoms with Crippen molar-refractivity contribution in [1.29, 1.82) is 0 Å². The molecule has 0 bridgehead atoms. The van der Waals surface area contributed by atoms with Gasteiger partial charge in [-0.1, -0.05) is 23.7 Å². The van der Waals surface area contributed by atoms with E-state index in [1.54, 1.807) is 12.1 Å². The van der Waals surface area contributed by atoms with Gasteiger partial charge in [-0.3, -0.25) is 4.79 Å². The van der Waals surface area contributed by atoms with Gasteiger partial charge < -0.3 is 20.3 Å². The van der Waals surface area contributed by atoms with Gasteiger partial charge >= 0.3 is 6.09 Å². The number of hydrogen-bond donors (Lipinski definition) is 2. The zero-order chi connectivity index (χ0) is 19.8. The molecule has 0 saturated heterocycles. The Labute approximate surface area is 162 Å². The number of alkyl carbamates (subject to hydrolysis) is 1. The highest BCUT2D eigenvalue weighted by molar-refractivity contribution is 6.30. The van der Waals surface area contributed by atoms with Crippen molar-refractivity contribution in [3.8, 4) is 11.3 Å². The quantitative estimate of drug-likeness (QED) is 0.748. The number of nitrogens with zero attached hydrogens (tertiary/aromatic N) is 3. The van der Waals surface area contributed by atoms with Crippen molar-refractivity contribution in [2.45, 2.75) is 6.42 Å². The average molecular weight is 392 g/mol. The maximum absolute atomic E-state index is 11.6. The molecule has 2 N–H and O–H groups in total. The van der Waals surface area contributed by atoms with Gasteiger partial charge in [-0.2, -0.15) is 0 Å². The summed E-state index contributed by atoms with van der Waals surface area (Å²) >= 11 is 5.95. The number of halogens is 1. The van der Waals surface area contributed by atoms with Crippen molar-refractivity contribution in [3.63, 3.8) is 0 Å². The van der Waals surface area contributed by atoms with Crippen LogP contribution >= 0.6 is 11.6 Å². The van der Waals surface area contributed by atoms with Crippen LogP contribution < -0.4 is 15.5 Å². The van der Waals surface area contributed by atoms with Crippen LogP contribution in [-0.2, 0) is 16.0 Å². The molecule has 0 fully saturated rings. The van der Waals surface area contributed by atoms with Crippen LogP contribution in [-0.4, -0.2) is 56.3 Å². The van der Waals surface area contributed by atoms with E-state index in [0.29, 0.717) is 23.9 Å². The van der Waals surface area contributed by atoms with E-state index in [1.807, 2.05) is 37.2 Å². The fourth-order valence-corrected chi connectivity index (χ4v) is 2.25. The van der Waals surface area contributed by atoms with Gasteiger partial charge in [0.05, 0.1) is 5.69 Å². The molecule has 0 aliphatic carbocycles. The fourth-order valence-electron chi connectivity index (χ4n) is 2.13. The van der Waals surface area contributed by atoms with Crippen molar-refractivity contribution in [1.82, 2.24) is 20.6 Å². The Kier molecular flexibility index (Phi) is 7.36. The summed E-state index contributed by atoms with van der Waals surface area (Å²) < 4.78 is 4.78. The van der Waals surface area contributed by atoms with E-state index in [-0.39, 0.29) is 12.5 Å². The Morgan fingerprint density at radius 1 is 1.19 bits per heavy atom. The lowest BCUT2D eigenvalue weighted by Gasteiger charge is -2.14. The molecule has 0 aliphatic rings. The summed E-state index contributed by atoms with van der Waals surface area (Å²) in [5, 5.41) is 5.62. The SMILES string of the molecule is CNC(=O)COC(=O)NCCc1cc(-c2ccc(Cl)cc2)nc(N(C)C)n1. The molecule has 0 spiro atoms. The van der Waals surface area contributed by atoms with Gasteiger partial charge in [0.15, 0.2) is 6.61 Å². The van der Waals surface area contributed by atoms with E-state index < -0.39 is 6.09 Å². The van der Waals surface area contributed by atoms with Gasteiger partial charge in [0.1, 0.15) is 0 Å². The van der Waals surface area contributed by atoms with Gasteiger partial charge in [-0.15, -0.1) is 0 Å². The van der Waals surface area contributed by atoms with E-state index in [2.05, 4.69) is 20.6 Å². The lowest BCUT2D eigenvalue weighted by Crippen LogP contribution is -2.31. The van der Waals surface area contributed by atoms with Crippen LogP contribution in [0.25, 0.3) is 11.3 Å². The third kappa shape index (κ3) is 6.41. The van der Waals surface area contributed by atoms with Crippen LogP contribution in [0.2, 0.25) is 5.02 Å². The second-order valence-electron chi connectivity index (χ2n) is 5.87. The number of anilines is 1. The number of aromatic nitrogens is 2. The molecule has 0 saturated carbocycles. The topological polar surface area (TPSA) is 96.4 Å². The maximum Gasteiger partial charge on any atom is 0.407 e. The number of amides is 2. The number of ether oxygens (including phenoxy) is 1. The largest absolute Gasteiger partial charge is 0.439 e. The van der Waals surface area contributed by atoms with E-state index in [4.69, 9.17) is 16.3 Å². The zero-order valence-electron chi connectivity index (χ0n) is 15.5. The molecule has 1 aromatic carbocycles. The van der Waals surface area contributed by atoms with Crippen LogP contribution in [0.15, 0.2) is 30.3 Å². The summed E-state index contributed by atoms with van der Waals surface area (Å²) in [4.78, 5) is 33.5. The molecule has 2 amide bonds. The highest BCUT2D eigenvalue weighted by atomic mass is 35.5. The van der Waals surface area contributed by atoms with Crippen LogP contribution in [0.1, 0.15) is 5.69 Å². The summed E-state index contributed by atoms with van der Waals surface area (Å²) in [7, 11) is 5.19. The van der Waals surface area contributed by atoms with Crippen molar-refractivity contribution < 1.29 is 14.3 Å². The minimum absolute atomic E-state index is 0.316. The number of likely N-dealkylation sites (N-methyl/N-ethyl adjacent to an activating group) is 1. The van der Waals surface area contributed by atoms with Crippen molar-refractivity contribution in [3.05, 3.63) is 41.0 Å². The van der Waals surface area contributed by atoms with Gasteiger partial charge in [0, 0.05) is 50.4 Å². The first-order valence-electron chi connectivity index (χ1n) is 8.31. The van der Waals surface area contributed by atoms with Crippen LogP contribution in [0.4, 0.5) is 10.7 Å². The Morgan fingerprint density at radius 2 is 1.89 bits per heavy atom. The fraction of sp³-hybridized carbons (Fsp3) is 0.333. The minimum atomic E-state index is -0.654. The number of nitrogens with one attached hydrogen (secondary N) is 2. The highest BCUT2D eigenvalue weighted by Gasteiger charge is 2.10. The Balaban J connectivity index is 2.04. The monoisotopic (exact) mass is 391 g/mol. The molecule has 2 rings (SSSR count). The Bertz CT molecular complexity index is 796. The first-order valence-corrected chi connectivity index (χ1v) is 8.69. The predicted octanol–water partition coefficient (Wildman–Crippen LogP) is 1.88. The summed E-state index contributed by atoms with van der Waals surface area (Å²) in [5.41, 5.74) is 2.46. The zero-order valence-corrected chi connectivity index (χ0v) is 16.2. The number of hydrogen-bond acceptors (Lipinski definition) is 6. The van der Waals surface area contributed by atoms with E-state index in [9.17, 15) is 9.59 Å². The normalized spacial score (nSPS) is 10.2. The Morgan fingerprint density at radius 3 is 2.52 bits per heavy atom. The summed E-state index contributed by atoms with van der Waals surface area (Å²) in [5.74, 6) is 0.198. The molecule has 0 atom stereocenters. The molecule has 0 unspecified atom stereocenters. The second-order valence-corrected chi connectivity index (χ2v) is 6.31. The summed E-state index contributed by atoms with van der Waals surface area (Å²) in [6.07, 6.45) is -0.169. The molecule has 9 heteroatoms. The molecular weight excluding hydrogens is 370 g/mol. The first-order chi connectivity index (χ1) is 12.9. The molecule has 0 radical (unpaired) electrons. The molecule has 1 heterocycles. The number of rotatable bonds is 7. The maximum atomic E-state index is 11.6. The lowest BCUT2D eigenvalue weighted by molar-refractivity contribution is -0.123. The lowest BCUT2D eigenvalue weighted by atomic mass is 10.1.